The number of hydrogen-bond donors (Lipinski definition) is 1. The Hall–Kier alpha value is -1.68. The monoisotopic (exact) mass is 244 g/mol. The number of hydrogen-bond acceptors (Lipinski definition) is 3. The lowest BCUT2D eigenvalue weighted by Crippen LogP contribution is -2.19. The lowest BCUT2D eigenvalue weighted by atomic mass is 10.1. The van der Waals surface area contributed by atoms with E-state index in [0.29, 0.717) is 0 Å². The van der Waals surface area contributed by atoms with E-state index in [1.807, 2.05) is 24.6 Å². The molecule has 2 heterocycles. The number of nitrogens with two attached hydrogens (primary N) is 1. The summed E-state index contributed by atoms with van der Waals surface area (Å²) >= 11 is 0. The molecule has 4 heteroatoms. The third-order valence-electron chi connectivity index (χ3n) is 3.26. The van der Waals surface area contributed by atoms with E-state index in [2.05, 4.69) is 30.0 Å². The van der Waals surface area contributed by atoms with Gasteiger partial charge in [0.05, 0.1) is 5.69 Å². The van der Waals surface area contributed by atoms with Gasteiger partial charge in [-0.1, -0.05) is 6.07 Å². The standard InChI is InChI=1S/C14H20N4/c1-9(15)8-13-6-5-7-16-14(13)18-12(4)10(2)11(3)17-18/h5-7,9H,8,15H2,1-4H3. The van der Waals surface area contributed by atoms with Crippen LogP contribution in [-0.4, -0.2) is 20.8 Å². The molecule has 0 aromatic carbocycles. The Morgan fingerprint density at radius 1 is 1.33 bits per heavy atom. The lowest BCUT2D eigenvalue weighted by Gasteiger charge is -2.11. The zero-order chi connectivity index (χ0) is 13.3. The molecule has 0 aliphatic rings. The largest absolute Gasteiger partial charge is 0.328 e. The Labute approximate surface area is 108 Å². The molecule has 0 bridgehead atoms. The molecule has 18 heavy (non-hydrogen) atoms. The summed E-state index contributed by atoms with van der Waals surface area (Å²) < 4.78 is 1.92. The van der Waals surface area contributed by atoms with Crippen molar-refractivity contribution >= 4 is 0 Å². The fraction of sp³-hybridized carbons (Fsp3) is 0.429. The van der Waals surface area contributed by atoms with Gasteiger partial charge in [-0.25, -0.2) is 9.67 Å². The van der Waals surface area contributed by atoms with E-state index in [9.17, 15) is 0 Å². The molecule has 0 aliphatic carbocycles. The van der Waals surface area contributed by atoms with Crippen LogP contribution in [0.4, 0.5) is 0 Å². The highest BCUT2D eigenvalue weighted by Gasteiger charge is 2.13. The van der Waals surface area contributed by atoms with Gasteiger partial charge in [-0.3, -0.25) is 0 Å². The quantitative estimate of drug-likeness (QED) is 0.899. The van der Waals surface area contributed by atoms with Crippen molar-refractivity contribution in [1.82, 2.24) is 14.8 Å². The van der Waals surface area contributed by atoms with Gasteiger partial charge in [0.15, 0.2) is 5.82 Å². The molecule has 0 fully saturated rings. The molecule has 1 unspecified atom stereocenters. The van der Waals surface area contributed by atoms with Gasteiger partial charge < -0.3 is 5.73 Å². The van der Waals surface area contributed by atoms with Gasteiger partial charge in [-0.2, -0.15) is 5.10 Å². The van der Waals surface area contributed by atoms with E-state index in [0.717, 1.165) is 29.2 Å². The molecule has 0 saturated carbocycles. The third-order valence-corrected chi connectivity index (χ3v) is 3.26. The number of rotatable bonds is 3. The molecular formula is C14H20N4. The van der Waals surface area contributed by atoms with E-state index in [4.69, 9.17) is 5.73 Å². The van der Waals surface area contributed by atoms with Crippen LogP contribution < -0.4 is 5.73 Å². The average Bonchev–Trinajstić information content (AvgIpc) is 2.57. The second kappa shape index (κ2) is 4.90. The van der Waals surface area contributed by atoms with Gasteiger partial charge in [0, 0.05) is 17.9 Å². The van der Waals surface area contributed by atoms with Gasteiger partial charge >= 0.3 is 0 Å². The Kier molecular flexibility index (Phi) is 3.48. The van der Waals surface area contributed by atoms with Crippen molar-refractivity contribution in [3.63, 3.8) is 0 Å². The van der Waals surface area contributed by atoms with Crippen LogP contribution in [0.5, 0.6) is 0 Å². The van der Waals surface area contributed by atoms with Crippen molar-refractivity contribution in [2.24, 2.45) is 5.73 Å². The molecule has 4 nitrogen and oxygen atoms in total. The minimum absolute atomic E-state index is 0.117. The highest BCUT2D eigenvalue weighted by molar-refractivity contribution is 5.38. The fourth-order valence-electron chi connectivity index (χ4n) is 2.05. The maximum atomic E-state index is 5.89. The Bertz CT molecular complexity index is 555. The Morgan fingerprint density at radius 3 is 2.61 bits per heavy atom. The summed E-state index contributed by atoms with van der Waals surface area (Å²) in [7, 11) is 0. The highest BCUT2D eigenvalue weighted by atomic mass is 15.3. The van der Waals surface area contributed by atoms with Crippen LogP contribution in [0.1, 0.15) is 29.4 Å². The maximum Gasteiger partial charge on any atom is 0.156 e. The molecule has 1 atom stereocenters. The molecule has 0 spiro atoms. The average molecular weight is 244 g/mol. The molecule has 2 rings (SSSR count). The Morgan fingerprint density at radius 2 is 2.06 bits per heavy atom. The van der Waals surface area contributed by atoms with Crippen molar-refractivity contribution < 1.29 is 0 Å². The van der Waals surface area contributed by atoms with Crippen molar-refractivity contribution in [1.29, 1.82) is 0 Å². The number of pyridine rings is 1. The molecule has 2 aromatic rings. The number of aromatic nitrogens is 3. The third kappa shape index (κ3) is 2.29. The maximum absolute atomic E-state index is 5.89. The smallest absolute Gasteiger partial charge is 0.156 e. The van der Waals surface area contributed by atoms with Crippen LogP contribution in [0.3, 0.4) is 0 Å². The van der Waals surface area contributed by atoms with Gasteiger partial charge in [0.1, 0.15) is 0 Å². The van der Waals surface area contributed by atoms with Gasteiger partial charge in [0.25, 0.3) is 0 Å². The first-order valence-corrected chi connectivity index (χ1v) is 6.23. The van der Waals surface area contributed by atoms with Gasteiger partial charge in [-0.05, 0) is 51.3 Å². The van der Waals surface area contributed by atoms with Crippen molar-refractivity contribution in [2.45, 2.75) is 40.2 Å². The minimum Gasteiger partial charge on any atom is -0.328 e. The summed E-state index contributed by atoms with van der Waals surface area (Å²) in [6.07, 6.45) is 2.60. The molecule has 0 amide bonds. The highest BCUT2D eigenvalue weighted by Crippen LogP contribution is 2.18. The predicted octanol–water partition coefficient (Wildman–Crippen LogP) is 2.08. The fourth-order valence-corrected chi connectivity index (χ4v) is 2.05. The summed E-state index contributed by atoms with van der Waals surface area (Å²) in [6, 6.07) is 4.13. The van der Waals surface area contributed by atoms with Gasteiger partial charge in [-0.15, -0.1) is 0 Å². The molecule has 0 saturated heterocycles. The number of aryl methyl sites for hydroxylation is 1. The Balaban J connectivity index is 2.53. The lowest BCUT2D eigenvalue weighted by molar-refractivity contribution is 0.714. The summed E-state index contributed by atoms with van der Waals surface area (Å²) in [5, 5.41) is 4.56. The van der Waals surface area contributed by atoms with Crippen LogP contribution in [-0.2, 0) is 6.42 Å². The molecule has 0 aliphatic heterocycles. The first-order chi connectivity index (χ1) is 8.50. The summed E-state index contributed by atoms with van der Waals surface area (Å²) in [6.45, 7) is 8.18. The molecule has 2 N–H and O–H groups in total. The summed E-state index contributed by atoms with van der Waals surface area (Å²) in [4.78, 5) is 4.46. The molecule has 96 valence electrons. The van der Waals surface area contributed by atoms with E-state index < -0.39 is 0 Å². The zero-order valence-corrected chi connectivity index (χ0v) is 11.4. The van der Waals surface area contributed by atoms with Crippen LogP contribution >= 0.6 is 0 Å². The van der Waals surface area contributed by atoms with E-state index >= 15 is 0 Å². The summed E-state index contributed by atoms with van der Waals surface area (Å²) in [5.41, 5.74) is 10.4. The predicted molar refractivity (Wildman–Crippen MR) is 72.9 cm³/mol. The van der Waals surface area contributed by atoms with Crippen molar-refractivity contribution in [2.75, 3.05) is 0 Å². The first-order valence-electron chi connectivity index (χ1n) is 6.23. The second-order valence-corrected chi connectivity index (χ2v) is 4.88. The zero-order valence-electron chi connectivity index (χ0n) is 11.4. The van der Waals surface area contributed by atoms with Crippen LogP contribution in [0.2, 0.25) is 0 Å². The minimum atomic E-state index is 0.117. The van der Waals surface area contributed by atoms with Crippen molar-refractivity contribution in [3.05, 3.63) is 40.8 Å². The number of nitrogens with zero attached hydrogens (tertiary/aromatic N) is 3. The summed E-state index contributed by atoms with van der Waals surface area (Å²) in [5.74, 6) is 0.892. The second-order valence-electron chi connectivity index (χ2n) is 4.88. The van der Waals surface area contributed by atoms with E-state index in [1.165, 1.54) is 5.56 Å². The topological polar surface area (TPSA) is 56.7 Å². The molecular weight excluding hydrogens is 224 g/mol. The van der Waals surface area contributed by atoms with Crippen molar-refractivity contribution in [3.8, 4) is 5.82 Å². The van der Waals surface area contributed by atoms with Gasteiger partial charge in [0.2, 0.25) is 0 Å². The van der Waals surface area contributed by atoms with E-state index in [1.54, 1.807) is 6.20 Å². The van der Waals surface area contributed by atoms with Crippen LogP contribution in [0.15, 0.2) is 18.3 Å². The van der Waals surface area contributed by atoms with Crippen LogP contribution in [0.25, 0.3) is 5.82 Å². The first kappa shape index (κ1) is 12.8. The SMILES string of the molecule is Cc1nn(-c2ncccc2CC(C)N)c(C)c1C. The molecule has 0 radical (unpaired) electrons. The molecule has 2 aromatic heterocycles. The van der Waals surface area contributed by atoms with Crippen LogP contribution in [0, 0.1) is 20.8 Å². The normalized spacial score (nSPS) is 12.7. The van der Waals surface area contributed by atoms with E-state index in [-0.39, 0.29) is 6.04 Å².